The SMILES string of the molecule is C/C=C\C=C(/CC)n1c(C(C)Nc2nc(N)nc(N)c2C#N)nc2cccc(Br)c2c1=O. The van der Waals surface area contributed by atoms with Crippen molar-refractivity contribution in [2.24, 2.45) is 0 Å². The number of nitrogens with zero attached hydrogens (tertiary/aromatic N) is 5. The number of anilines is 3. The third-order valence-corrected chi connectivity index (χ3v) is 5.47. The van der Waals surface area contributed by atoms with Gasteiger partial charge in [0.2, 0.25) is 5.95 Å². The van der Waals surface area contributed by atoms with Gasteiger partial charge >= 0.3 is 0 Å². The zero-order valence-corrected chi connectivity index (χ0v) is 19.5. The normalized spacial score (nSPS) is 12.8. The van der Waals surface area contributed by atoms with Gasteiger partial charge in [0.05, 0.1) is 16.9 Å². The van der Waals surface area contributed by atoms with Crippen molar-refractivity contribution in [3.05, 3.63) is 62.6 Å². The lowest BCUT2D eigenvalue weighted by atomic mass is 10.2. The summed E-state index contributed by atoms with van der Waals surface area (Å²) in [5.41, 5.74) is 12.7. The number of nitrogens with two attached hydrogens (primary N) is 2. The Labute approximate surface area is 193 Å². The van der Waals surface area contributed by atoms with Crippen molar-refractivity contribution < 1.29 is 0 Å². The van der Waals surface area contributed by atoms with E-state index in [1.54, 1.807) is 10.6 Å². The molecule has 1 unspecified atom stereocenters. The summed E-state index contributed by atoms with van der Waals surface area (Å²) in [5.74, 6) is 0.546. The molecule has 1 aromatic carbocycles. The van der Waals surface area contributed by atoms with Crippen molar-refractivity contribution >= 4 is 50.1 Å². The lowest BCUT2D eigenvalue weighted by Gasteiger charge is -2.22. The summed E-state index contributed by atoms with van der Waals surface area (Å²) in [6, 6.07) is 6.88. The fourth-order valence-electron chi connectivity index (χ4n) is 3.31. The molecule has 9 nitrogen and oxygen atoms in total. The van der Waals surface area contributed by atoms with Gasteiger partial charge in [-0.3, -0.25) is 9.36 Å². The average Bonchev–Trinajstić information content (AvgIpc) is 2.74. The first kappa shape index (κ1) is 23.0. The molecule has 0 amide bonds. The van der Waals surface area contributed by atoms with Crippen molar-refractivity contribution in [2.75, 3.05) is 16.8 Å². The summed E-state index contributed by atoms with van der Waals surface area (Å²) in [7, 11) is 0. The Morgan fingerprint density at radius 2 is 2.09 bits per heavy atom. The third kappa shape index (κ3) is 4.33. The van der Waals surface area contributed by atoms with Gasteiger partial charge in [0.25, 0.3) is 5.56 Å². The minimum absolute atomic E-state index is 0.0234. The molecule has 0 fully saturated rings. The lowest BCUT2D eigenvalue weighted by Crippen LogP contribution is -2.28. The van der Waals surface area contributed by atoms with E-state index in [2.05, 4.69) is 31.2 Å². The molecule has 0 aliphatic carbocycles. The van der Waals surface area contributed by atoms with Crippen LogP contribution in [0.15, 0.2) is 45.7 Å². The molecule has 0 spiro atoms. The molecule has 0 saturated heterocycles. The van der Waals surface area contributed by atoms with E-state index >= 15 is 0 Å². The number of hydrogen-bond acceptors (Lipinski definition) is 8. The largest absolute Gasteiger partial charge is 0.382 e. The van der Waals surface area contributed by atoms with Crippen LogP contribution in [0.25, 0.3) is 16.6 Å². The van der Waals surface area contributed by atoms with E-state index in [0.29, 0.717) is 27.6 Å². The van der Waals surface area contributed by atoms with Gasteiger partial charge in [0.15, 0.2) is 5.82 Å². The maximum absolute atomic E-state index is 13.6. The molecule has 1 atom stereocenters. The van der Waals surface area contributed by atoms with Gasteiger partial charge < -0.3 is 16.8 Å². The van der Waals surface area contributed by atoms with Crippen LogP contribution in [0.3, 0.4) is 0 Å². The molecule has 0 bridgehead atoms. The van der Waals surface area contributed by atoms with E-state index in [1.807, 2.05) is 57.2 Å². The Kier molecular flexibility index (Phi) is 6.90. The fraction of sp³-hybridized carbons (Fsp3) is 0.227. The molecule has 3 aromatic rings. The van der Waals surface area contributed by atoms with Gasteiger partial charge in [-0.15, -0.1) is 0 Å². The number of aromatic nitrogens is 4. The molecule has 0 aliphatic rings. The highest BCUT2D eigenvalue weighted by molar-refractivity contribution is 9.10. The highest BCUT2D eigenvalue weighted by Crippen LogP contribution is 2.27. The Bertz CT molecular complexity index is 1340. The Morgan fingerprint density at radius 1 is 1.34 bits per heavy atom. The number of allylic oxidation sites excluding steroid dienone is 4. The van der Waals surface area contributed by atoms with Crippen LogP contribution in [0.5, 0.6) is 0 Å². The van der Waals surface area contributed by atoms with E-state index in [9.17, 15) is 10.1 Å². The van der Waals surface area contributed by atoms with Crippen LogP contribution in [0.2, 0.25) is 0 Å². The summed E-state index contributed by atoms with van der Waals surface area (Å²) < 4.78 is 2.25. The second-order valence-electron chi connectivity index (χ2n) is 6.95. The van der Waals surface area contributed by atoms with E-state index in [1.165, 1.54) is 0 Å². The van der Waals surface area contributed by atoms with Gasteiger partial charge in [-0.2, -0.15) is 15.2 Å². The second kappa shape index (κ2) is 9.62. The first-order valence-electron chi connectivity index (χ1n) is 9.95. The summed E-state index contributed by atoms with van der Waals surface area (Å²) in [6.45, 7) is 5.69. The van der Waals surface area contributed by atoms with Crippen molar-refractivity contribution in [1.82, 2.24) is 19.5 Å². The maximum Gasteiger partial charge on any atom is 0.266 e. The number of rotatable bonds is 6. The Balaban J connectivity index is 2.27. The van der Waals surface area contributed by atoms with Crippen LogP contribution in [-0.2, 0) is 0 Å². The van der Waals surface area contributed by atoms with Crippen LogP contribution >= 0.6 is 15.9 Å². The quantitative estimate of drug-likeness (QED) is 0.435. The fourth-order valence-corrected chi connectivity index (χ4v) is 3.84. The minimum atomic E-state index is -0.521. The summed E-state index contributed by atoms with van der Waals surface area (Å²) in [6.07, 6.45) is 6.23. The number of halogens is 1. The Hall–Kier alpha value is -3.71. The number of hydrogen-bond donors (Lipinski definition) is 3. The molecule has 10 heteroatoms. The highest BCUT2D eigenvalue weighted by Gasteiger charge is 2.22. The average molecular weight is 495 g/mol. The van der Waals surface area contributed by atoms with Gasteiger partial charge in [0, 0.05) is 10.2 Å². The molecule has 5 N–H and O–H groups in total. The van der Waals surface area contributed by atoms with Crippen LogP contribution in [0.1, 0.15) is 44.6 Å². The molecular weight excluding hydrogens is 472 g/mol. The monoisotopic (exact) mass is 494 g/mol. The van der Waals surface area contributed by atoms with E-state index in [0.717, 1.165) is 5.70 Å². The molecule has 3 rings (SSSR count). The van der Waals surface area contributed by atoms with Crippen molar-refractivity contribution in [3.8, 4) is 6.07 Å². The zero-order valence-electron chi connectivity index (χ0n) is 17.9. The van der Waals surface area contributed by atoms with Gasteiger partial charge in [-0.1, -0.05) is 25.1 Å². The topological polar surface area (TPSA) is 149 Å². The van der Waals surface area contributed by atoms with Gasteiger partial charge in [-0.05, 0) is 54.4 Å². The van der Waals surface area contributed by atoms with Crippen LogP contribution < -0.4 is 22.3 Å². The van der Waals surface area contributed by atoms with E-state index < -0.39 is 6.04 Å². The van der Waals surface area contributed by atoms with Crippen molar-refractivity contribution in [2.45, 2.75) is 33.2 Å². The predicted octanol–water partition coefficient (Wildman–Crippen LogP) is 3.99. The summed E-state index contributed by atoms with van der Waals surface area (Å²) in [5, 5.41) is 13.1. The lowest BCUT2D eigenvalue weighted by molar-refractivity contribution is 0.729. The predicted molar refractivity (Wildman–Crippen MR) is 131 cm³/mol. The molecule has 164 valence electrons. The third-order valence-electron chi connectivity index (χ3n) is 4.81. The number of nitriles is 1. The molecule has 2 heterocycles. The minimum Gasteiger partial charge on any atom is -0.382 e. The molecule has 32 heavy (non-hydrogen) atoms. The molecule has 0 radical (unpaired) electrons. The first-order valence-corrected chi connectivity index (χ1v) is 10.7. The van der Waals surface area contributed by atoms with E-state index in [4.69, 9.17) is 16.5 Å². The van der Waals surface area contributed by atoms with Crippen LogP contribution in [0, 0.1) is 11.3 Å². The summed E-state index contributed by atoms with van der Waals surface area (Å²) in [4.78, 5) is 26.3. The molecular formula is C22H23BrN8O. The standard InChI is InChI=1S/C22H23BrN8O/c1-4-6-8-13(5-2)31-20(28-16-10-7-9-15(23)17(16)21(31)32)12(3)27-19-14(11-24)18(25)29-22(26)30-19/h4,6-10,12H,5H2,1-3H3,(H5,25,26,27,29,30)/b6-4-,13-8+. The number of fused-ring (bicyclic) bond motifs is 1. The zero-order chi connectivity index (χ0) is 23.4. The van der Waals surface area contributed by atoms with Crippen LogP contribution in [0.4, 0.5) is 17.6 Å². The second-order valence-corrected chi connectivity index (χ2v) is 7.80. The number of nitrogens with one attached hydrogen (secondary N) is 1. The van der Waals surface area contributed by atoms with Gasteiger partial charge in [0.1, 0.15) is 23.3 Å². The van der Waals surface area contributed by atoms with Gasteiger partial charge in [-0.25, -0.2) is 4.98 Å². The van der Waals surface area contributed by atoms with Crippen LogP contribution in [-0.4, -0.2) is 19.5 Å². The summed E-state index contributed by atoms with van der Waals surface area (Å²) >= 11 is 3.47. The smallest absolute Gasteiger partial charge is 0.266 e. The van der Waals surface area contributed by atoms with E-state index in [-0.39, 0.29) is 28.7 Å². The maximum atomic E-state index is 13.6. The van der Waals surface area contributed by atoms with Crippen molar-refractivity contribution in [3.63, 3.8) is 0 Å². The highest BCUT2D eigenvalue weighted by atomic mass is 79.9. The molecule has 0 aliphatic heterocycles. The van der Waals surface area contributed by atoms with Crippen molar-refractivity contribution in [1.29, 1.82) is 5.26 Å². The Morgan fingerprint density at radius 3 is 2.75 bits per heavy atom. The number of nitrogen functional groups attached to an aromatic ring is 2. The molecule has 2 aromatic heterocycles. The molecule has 0 saturated carbocycles. The number of benzene rings is 1. The first-order chi connectivity index (χ1) is 15.3.